The Morgan fingerprint density at radius 1 is 1.22 bits per heavy atom. The SMILES string of the molecule is CCOc1ccc(C=NNC(=O)Cn2cnc3sc4c(c3c2=O)CCCC4)cc1OCC. The number of carbonyl (C=O) groups excluding carboxylic acids is 1. The predicted molar refractivity (Wildman–Crippen MR) is 125 cm³/mol. The number of hydrazone groups is 1. The van der Waals surface area contributed by atoms with Crippen molar-refractivity contribution in [1.82, 2.24) is 15.0 Å². The van der Waals surface area contributed by atoms with Crippen molar-refractivity contribution >= 4 is 33.7 Å². The van der Waals surface area contributed by atoms with Crippen LogP contribution in [0.3, 0.4) is 0 Å². The molecule has 2 aromatic heterocycles. The summed E-state index contributed by atoms with van der Waals surface area (Å²) in [5.41, 5.74) is 4.18. The summed E-state index contributed by atoms with van der Waals surface area (Å²) in [6.07, 6.45) is 7.10. The molecule has 0 bridgehead atoms. The number of nitrogens with zero attached hydrogens (tertiary/aromatic N) is 3. The summed E-state index contributed by atoms with van der Waals surface area (Å²) in [6, 6.07) is 5.43. The standard InChI is InChI=1S/C23H26N4O4S/c1-3-30-17-10-9-15(11-18(17)31-4-2)12-25-26-20(28)13-27-14-24-22-21(23(27)29)16-7-5-6-8-19(16)32-22/h9-12,14H,3-8,13H2,1-2H3,(H,26,28). The molecule has 3 aromatic rings. The molecule has 8 nitrogen and oxygen atoms in total. The lowest BCUT2D eigenvalue weighted by molar-refractivity contribution is -0.121. The Kier molecular flexibility index (Phi) is 6.84. The van der Waals surface area contributed by atoms with Crippen LogP contribution in [0, 0.1) is 0 Å². The van der Waals surface area contributed by atoms with Crippen molar-refractivity contribution in [1.29, 1.82) is 0 Å². The van der Waals surface area contributed by atoms with Gasteiger partial charge in [0.25, 0.3) is 11.5 Å². The van der Waals surface area contributed by atoms with Crippen molar-refractivity contribution in [3.05, 3.63) is 50.9 Å². The quantitative estimate of drug-likeness (QED) is 0.416. The number of carbonyl (C=O) groups is 1. The number of hydrogen-bond acceptors (Lipinski definition) is 7. The van der Waals surface area contributed by atoms with Crippen LogP contribution >= 0.6 is 11.3 Å². The van der Waals surface area contributed by atoms with Gasteiger partial charge < -0.3 is 9.47 Å². The molecule has 1 amide bonds. The van der Waals surface area contributed by atoms with Crippen LogP contribution in [0.4, 0.5) is 0 Å². The first-order valence-electron chi connectivity index (χ1n) is 10.8. The third kappa shape index (κ3) is 4.67. The monoisotopic (exact) mass is 454 g/mol. The number of aromatic nitrogens is 2. The van der Waals surface area contributed by atoms with Crippen molar-refractivity contribution in [2.45, 2.75) is 46.1 Å². The number of hydrogen-bond donors (Lipinski definition) is 1. The first kappa shape index (κ1) is 22.0. The highest BCUT2D eigenvalue weighted by Gasteiger charge is 2.20. The second-order valence-electron chi connectivity index (χ2n) is 7.43. The lowest BCUT2D eigenvalue weighted by Crippen LogP contribution is -2.30. The van der Waals surface area contributed by atoms with E-state index >= 15 is 0 Å². The molecule has 32 heavy (non-hydrogen) atoms. The Morgan fingerprint density at radius 3 is 2.81 bits per heavy atom. The van der Waals surface area contributed by atoms with Crippen LogP contribution in [-0.4, -0.2) is 34.9 Å². The number of ether oxygens (including phenoxy) is 2. The van der Waals surface area contributed by atoms with Gasteiger partial charge in [-0.3, -0.25) is 14.2 Å². The molecule has 0 fully saturated rings. The summed E-state index contributed by atoms with van der Waals surface area (Å²) >= 11 is 1.59. The second kappa shape index (κ2) is 9.95. The molecule has 1 aliphatic carbocycles. The summed E-state index contributed by atoms with van der Waals surface area (Å²) in [6.45, 7) is 4.72. The van der Waals surface area contributed by atoms with Crippen LogP contribution in [-0.2, 0) is 24.2 Å². The smallest absolute Gasteiger partial charge is 0.262 e. The Morgan fingerprint density at radius 2 is 2.00 bits per heavy atom. The molecule has 0 aliphatic heterocycles. The Balaban J connectivity index is 1.45. The minimum atomic E-state index is -0.399. The molecular weight excluding hydrogens is 428 g/mol. The van der Waals surface area contributed by atoms with Crippen molar-refractivity contribution in [3.8, 4) is 11.5 Å². The van der Waals surface area contributed by atoms with Crippen molar-refractivity contribution in [2.24, 2.45) is 5.10 Å². The molecule has 1 aliphatic rings. The second-order valence-corrected chi connectivity index (χ2v) is 8.52. The molecule has 0 atom stereocenters. The summed E-state index contributed by atoms with van der Waals surface area (Å²) in [5.74, 6) is 0.882. The first-order valence-corrected chi connectivity index (χ1v) is 11.6. The van der Waals surface area contributed by atoms with E-state index in [1.165, 1.54) is 22.0 Å². The van der Waals surface area contributed by atoms with Crippen LogP contribution in [0.15, 0.2) is 34.4 Å². The van der Waals surface area contributed by atoms with E-state index in [1.807, 2.05) is 19.9 Å². The maximum absolute atomic E-state index is 13.0. The molecule has 0 spiro atoms. The van der Waals surface area contributed by atoms with Gasteiger partial charge in [-0.05, 0) is 68.9 Å². The lowest BCUT2D eigenvalue weighted by atomic mass is 9.97. The van der Waals surface area contributed by atoms with E-state index in [0.717, 1.165) is 41.6 Å². The van der Waals surface area contributed by atoms with Gasteiger partial charge >= 0.3 is 0 Å². The van der Waals surface area contributed by atoms with Gasteiger partial charge in [-0.2, -0.15) is 5.10 Å². The van der Waals surface area contributed by atoms with Gasteiger partial charge in [-0.15, -0.1) is 11.3 Å². The number of fused-ring (bicyclic) bond motifs is 3. The Bertz CT molecular complexity index is 1210. The van der Waals surface area contributed by atoms with Gasteiger partial charge in [0, 0.05) is 4.88 Å². The fraction of sp³-hybridized carbons (Fsp3) is 0.391. The van der Waals surface area contributed by atoms with Gasteiger partial charge in [0.1, 0.15) is 11.4 Å². The average Bonchev–Trinajstić information content (AvgIpc) is 3.17. The zero-order chi connectivity index (χ0) is 22.5. The Labute approximate surface area is 189 Å². The Hall–Kier alpha value is -3.20. The molecule has 0 unspecified atom stereocenters. The van der Waals surface area contributed by atoms with Crippen LogP contribution in [0.25, 0.3) is 10.2 Å². The summed E-state index contributed by atoms with van der Waals surface area (Å²) < 4.78 is 12.5. The molecule has 4 rings (SSSR count). The van der Waals surface area contributed by atoms with E-state index in [1.54, 1.807) is 23.5 Å². The predicted octanol–water partition coefficient (Wildman–Crippen LogP) is 3.28. The molecule has 1 N–H and O–H groups in total. The van der Waals surface area contributed by atoms with Crippen LogP contribution in [0.5, 0.6) is 11.5 Å². The number of rotatable bonds is 8. The fourth-order valence-corrected chi connectivity index (χ4v) is 5.03. The number of benzene rings is 1. The molecule has 9 heteroatoms. The van der Waals surface area contributed by atoms with Gasteiger partial charge in [0.05, 0.1) is 31.1 Å². The summed E-state index contributed by atoms with van der Waals surface area (Å²) in [5, 5.41) is 4.68. The minimum Gasteiger partial charge on any atom is -0.490 e. The van der Waals surface area contributed by atoms with Crippen LogP contribution < -0.4 is 20.5 Å². The summed E-state index contributed by atoms with van der Waals surface area (Å²) in [7, 11) is 0. The number of thiophene rings is 1. The van der Waals surface area contributed by atoms with E-state index in [-0.39, 0.29) is 12.1 Å². The molecular formula is C23H26N4O4S. The highest BCUT2D eigenvalue weighted by atomic mass is 32.1. The fourth-order valence-electron chi connectivity index (χ4n) is 3.81. The zero-order valence-corrected chi connectivity index (χ0v) is 19.0. The highest BCUT2D eigenvalue weighted by molar-refractivity contribution is 7.18. The maximum Gasteiger partial charge on any atom is 0.262 e. The van der Waals surface area contributed by atoms with Gasteiger partial charge in [-0.1, -0.05) is 0 Å². The normalized spacial score (nSPS) is 13.3. The molecule has 0 saturated carbocycles. The third-order valence-corrected chi connectivity index (χ3v) is 6.43. The zero-order valence-electron chi connectivity index (χ0n) is 18.2. The molecule has 1 aromatic carbocycles. The largest absolute Gasteiger partial charge is 0.490 e. The van der Waals surface area contributed by atoms with Gasteiger partial charge in [-0.25, -0.2) is 10.4 Å². The molecule has 0 saturated heterocycles. The van der Waals surface area contributed by atoms with E-state index in [0.29, 0.717) is 30.1 Å². The summed E-state index contributed by atoms with van der Waals surface area (Å²) in [4.78, 5) is 31.8. The van der Waals surface area contributed by atoms with Gasteiger partial charge in [0.15, 0.2) is 11.5 Å². The highest BCUT2D eigenvalue weighted by Crippen LogP contribution is 2.33. The number of amides is 1. The molecule has 0 radical (unpaired) electrons. The van der Waals surface area contributed by atoms with Crippen LogP contribution in [0.2, 0.25) is 0 Å². The van der Waals surface area contributed by atoms with E-state index in [4.69, 9.17) is 9.47 Å². The van der Waals surface area contributed by atoms with E-state index < -0.39 is 5.91 Å². The third-order valence-electron chi connectivity index (χ3n) is 5.23. The van der Waals surface area contributed by atoms with Crippen LogP contribution in [0.1, 0.15) is 42.7 Å². The van der Waals surface area contributed by atoms with Crippen molar-refractivity contribution < 1.29 is 14.3 Å². The van der Waals surface area contributed by atoms with E-state index in [2.05, 4.69) is 15.5 Å². The minimum absolute atomic E-state index is 0.142. The molecule has 168 valence electrons. The van der Waals surface area contributed by atoms with Crippen molar-refractivity contribution in [2.75, 3.05) is 13.2 Å². The van der Waals surface area contributed by atoms with Gasteiger partial charge in [0.2, 0.25) is 0 Å². The lowest BCUT2D eigenvalue weighted by Gasteiger charge is -2.11. The number of nitrogens with one attached hydrogen (secondary N) is 1. The molecule has 2 heterocycles. The maximum atomic E-state index is 13.0. The average molecular weight is 455 g/mol. The van der Waals surface area contributed by atoms with Crippen molar-refractivity contribution in [3.63, 3.8) is 0 Å². The first-order chi connectivity index (χ1) is 15.6. The van der Waals surface area contributed by atoms with E-state index in [9.17, 15) is 9.59 Å². The topological polar surface area (TPSA) is 94.8 Å². The number of aryl methyl sites for hydroxylation is 2.